The van der Waals surface area contributed by atoms with E-state index in [1.807, 2.05) is 0 Å². The van der Waals surface area contributed by atoms with E-state index in [0.717, 1.165) is 11.3 Å². The summed E-state index contributed by atoms with van der Waals surface area (Å²) in [5.74, 6) is 0.0909. The molecule has 4 heteroatoms. The van der Waals surface area contributed by atoms with E-state index in [4.69, 9.17) is 4.74 Å². The molecule has 1 heterocycles. The second-order valence-electron chi connectivity index (χ2n) is 3.11. The van der Waals surface area contributed by atoms with Crippen LogP contribution < -0.4 is 10.1 Å². The summed E-state index contributed by atoms with van der Waals surface area (Å²) in [6.07, 6.45) is 1.56. The number of nitrogens with one attached hydrogen (secondary N) is 1. The summed E-state index contributed by atoms with van der Waals surface area (Å²) < 4.78 is 4.99. The van der Waals surface area contributed by atoms with Gasteiger partial charge in [-0.25, -0.2) is 0 Å². The maximum atomic E-state index is 10.9. The molecule has 0 bridgehead atoms. The van der Waals surface area contributed by atoms with Gasteiger partial charge in [-0.1, -0.05) is 12.1 Å². The second-order valence-corrected chi connectivity index (χ2v) is 3.11. The van der Waals surface area contributed by atoms with Gasteiger partial charge >= 0.3 is 0 Å². The van der Waals surface area contributed by atoms with Gasteiger partial charge < -0.3 is 4.74 Å². The van der Waals surface area contributed by atoms with E-state index in [1.54, 1.807) is 37.5 Å². The molecule has 2 amide bonds. The summed E-state index contributed by atoms with van der Waals surface area (Å²) in [6, 6.07) is 7.11. The molecule has 1 N–H and O–H groups in total. The van der Waals surface area contributed by atoms with Gasteiger partial charge in [0.1, 0.15) is 11.3 Å². The van der Waals surface area contributed by atoms with Gasteiger partial charge in [0, 0.05) is 0 Å². The van der Waals surface area contributed by atoms with E-state index in [-0.39, 0.29) is 17.4 Å². The Morgan fingerprint density at radius 2 is 1.73 bits per heavy atom. The van der Waals surface area contributed by atoms with Crippen molar-refractivity contribution >= 4 is 17.9 Å². The van der Waals surface area contributed by atoms with Crippen LogP contribution in [-0.2, 0) is 9.59 Å². The number of hydrogen-bond acceptors (Lipinski definition) is 3. The molecule has 0 atom stereocenters. The molecule has 4 nitrogen and oxygen atoms in total. The first-order chi connectivity index (χ1) is 7.20. The fourth-order valence-electron chi connectivity index (χ4n) is 1.28. The molecule has 0 aromatic heterocycles. The van der Waals surface area contributed by atoms with E-state index >= 15 is 0 Å². The summed E-state index contributed by atoms with van der Waals surface area (Å²) in [7, 11) is 1.58. The zero-order valence-corrected chi connectivity index (χ0v) is 8.11. The lowest BCUT2D eigenvalue weighted by Crippen LogP contribution is -2.47. The van der Waals surface area contributed by atoms with Crippen molar-refractivity contribution in [2.75, 3.05) is 7.11 Å². The van der Waals surface area contributed by atoms with Crippen LogP contribution in [0.2, 0.25) is 0 Å². The van der Waals surface area contributed by atoms with Gasteiger partial charge in [-0.2, -0.15) is 0 Å². The highest BCUT2D eigenvalue weighted by Gasteiger charge is 2.29. The third kappa shape index (κ3) is 1.74. The fraction of sp³-hybridized carbons (Fsp3) is 0.0909. The minimum absolute atomic E-state index is 0.195. The van der Waals surface area contributed by atoms with Crippen molar-refractivity contribution in [3.63, 3.8) is 0 Å². The van der Waals surface area contributed by atoms with E-state index in [9.17, 15) is 9.59 Å². The van der Waals surface area contributed by atoms with Gasteiger partial charge in [-0.15, -0.1) is 0 Å². The van der Waals surface area contributed by atoms with Gasteiger partial charge in [0.15, 0.2) is 0 Å². The molecule has 15 heavy (non-hydrogen) atoms. The molecule has 1 saturated heterocycles. The number of hydrogen-bond donors (Lipinski definition) is 1. The first-order valence-corrected chi connectivity index (χ1v) is 4.42. The molecule has 1 aliphatic heterocycles. The Kier molecular flexibility index (Phi) is 2.25. The van der Waals surface area contributed by atoms with E-state index in [0.29, 0.717) is 0 Å². The first kappa shape index (κ1) is 9.45. The number of rotatable bonds is 2. The van der Waals surface area contributed by atoms with Crippen LogP contribution in [0.25, 0.3) is 6.08 Å². The maximum absolute atomic E-state index is 10.9. The summed E-state index contributed by atoms with van der Waals surface area (Å²) in [5.41, 5.74) is 0.995. The van der Waals surface area contributed by atoms with Crippen molar-refractivity contribution in [2.45, 2.75) is 0 Å². The number of ether oxygens (including phenoxy) is 1. The van der Waals surface area contributed by atoms with Crippen molar-refractivity contribution < 1.29 is 14.3 Å². The normalized spacial score (nSPS) is 14.3. The number of β-lactam (4-membered cyclic amide) rings is 2. The number of carbonyl (C=O) groups is 2. The van der Waals surface area contributed by atoms with Crippen LogP contribution >= 0.6 is 0 Å². The third-order valence-corrected chi connectivity index (χ3v) is 2.14. The molecule has 1 aliphatic rings. The van der Waals surface area contributed by atoms with Gasteiger partial charge in [0.25, 0.3) is 11.8 Å². The van der Waals surface area contributed by atoms with Crippen LogP contribution in [0.1, 0.15) is 5.56 Å². The molecule has 76 valence electrons. The number of benzene rings is 1. The van der Waals surface area contributed by atoms with Gasteiger partial charge in [-0.3, -0.25) is 14.9 Å². The molecule has 0 aliphatic carbocycles. The molecule has 1 aromatic rings. The van der Waals surface area contributed by atoms with E-state index < -0.39 is 0 Å². The molecular formula is C11H9NO3. The monoisotopic (exact) mass is 203 g/mol. The third-order valence-electron chi connectivity index (χ3n) is 2.14. The molecule has 1 fully saturated rings. The van der Waals surface area contributed by atoms with Crippen LogP contribution in [-0.4, -0.2) is 18.9 Å². The highest BCUT2D eigenvalue weighted by molar-refractivity contribution is 6.36. The van der Waals surface area contributed by atoms with Gasteiger partial charge in [-0.05, 0) is 23.8 Å². The van der Waals surface area contributed by atoms with Gasteiger partial charge in [0.2, 0.25) is 0 Å². The summed E-state index contributed by atoms with van der Waals surface area (Å²) in [5, 5.41) is 2.13. The van der Waals surface area contributed by atoms with Crippen LogP contribution in [0.5, 0.6) is 5.75 Å². The fourth-order valence-corrected chi connectivity index (χ4v) is 1.28. The predicted molar refractivity (Wildman–Crippen MR) is 54.1 cm³/mol. The summed E-state index contributed by atoms with van der Waals surface area (Å²) >= 11 is 0. The van der Waals surface area contributed by atoms with E-state index in [1.165, 1.54) is 0 Å². The Morgan fingerprint density at radius 3 is 2.20 bits per heavy atom. The molecule has 0 radical (unpaired) electrons. The largest absolute Gasteiger partial charge is 0.497 e. The summed E-state index contributed by atoms with van der Waals surface area (Å²) in [4.78, 5) is 21.9. The average molecular weight is 203 g/mol. The minimum Gasteiger partial charge on any atom is -0.497 e. The lowest BCUT2D eigenvalue weighted by molar-refractivity contribution is -0.134. The van der Waals surface area contributed by atoms with Crippen LogP contribution in [0.15, 0.2) is 29.8 Å². The lowest BCUT2D eigenvalue weighted by Gasteiger charge is -2.15. The molecule has 0 saturated carbocycles. The second kappa shape index (κ2) is 3.57. The van der Waals surface area contributed by atoms with Gasteiger partial charge in [0.05, 0.1) is 7.11 Å². The highest BCUT2D eigenvalue weighted by atomic mass is 16.5. The van der Waals surface area contributed by atoms with Crippen LogP contribution in [0.3, 0.4) is 0 Å². The molecular weight excluding hydrogens is 194 g/mol. The zero-order valence-electron chi connectivity index (χ0n) is 8.11. The lowest BCUT2D eigenvalue weighted by atomic mass is 10.0. The Labute approximate surface area is 86.5 Å². The molecule has 0 unspecified atom stereocenters. The topological polar surface area (TPSA) is 55.4 Å². The quantitative estimate of drug-likeness (QED) is 0.438. The van der Waals surface area contributed by atoms with Crippen molar-refractivity contribution in [2.24, 2.45) is 0 Å². The standard InChI is InChI=1S/C11H9NO3/c1-15-8-4-2-7(3-5-8)6-9-10(13)12-11(9)14/h2-6H,1H3,(H,12,13,14). The maximum Gasteiger partial charge on any atom is 0.263 e. The Balaban J connectivity index is 2.24. The Hall–Kier alpha value is -2.10. The smallest absolute Gasteiger partial charge is 0.263 e. The number of methoxy groups -OCH3 is 1. The summed E-state index contributed by atoms with van der Waals surface area (Å²) in [6.45, 7) is 0. The predicted octanol–water partition coefficient (Wildman–Crippen LogP) is 0.735. The van der Waals surface area contributed by atoms with Crippen molar-refractivity contribution in [3.05, 3.63) is 35.4 Å². The zero-order chi connectivity index (χ0) is 10.8. The number of amides is 2. The first-order valence-electron chi connectivity index (χ1n) is 4.42. The molecule has 0 spiro atoms. The average Bonchev–Trinajstić information content (AvgIpc) is 2.27. The van der Waals surface area contributed by atoms with Crippen molar-refractivity contribution in [1.29, 1.82) is 0 Å². The highest BCUT2D eigenvalue weighted by Crippen LogP contribution is 2.16. The van der Waals surface area contributed by atoms with Crippen LogP contribution in [0, 0.1) is 0 Å². The van der Waals surface area contributed by atoms with Crippen LogP contribution in [0.4, 0.5) is 0 Å². The number of imide groups is 1. The minimum atomic E-state index is -0.323. The van der Waals surface area contributed by atoms with Crippen molar-refractivity contribution in [1.82, 2.24) is 5.32 Å². The SMILES string of the molecule is COc1ccc(C=C2C(=O)NC2=O)cc1. The van der Waals surface area contributed by atoms with Crippen molar-refractivity contribution in [3.8, 4) is 5.75 Å². The number of carbonyl (C=O) groups excluding carboxylic acids is 2. The molecule has 1 aromatic carbocycles. The Bertz CT molecular complexity index is 429. The van der Waals surface area contributed by atoms with E-state index in [2.05, 4.69) is 5.32 Å². The Morgan fingerprint density at radius 1 is 1.13 bits per heavy atom. The molecule has 2 rings (SSSR count).